The Hall–Kier alpha value is -2.17. The minimum Gasteiger partial charge on any atom is -0.241 e. The first-order valence-electron chi connectivity index (χ1n) is 6.54. The van der Waals surface area contributed by atoms with Gasteiger partial charge in [0.2, 0.25) is 5.16 Å². The summed E-state index contributed by atoms with van der Waals surface area (Å²) in [6, 6.07) is 9.35. The molecule has 6 nitrogen and oxygen atoms in total. The quantitative estimate of drug-likeness (QED) is 0.731. The van der Waals surface area contributed by atoms with Gasteiger partial charge in [-0.1, -0.05) is 11.6 Å². The number of aromatic nitrogens is 5. The standard InChI is InChI=1S/C14H11ClN6S/c1-8(2)21-14(18-19-20-21)22-13-5-9(7-16)11-6-10(15)3-4-12(11)17-13/h3-6,8H,1-2H3. The molecule has 0 radical (unpaired) electrons. The second-order valence-electron chi connectivity index (χ2n) is 4.88. The molecule has 0 fully saturated rings. The van der Waals surface area contributed by atoms with E-state index in [2.05, 4.69) is 26.6 Å². The molecule has 0 spiro atoms. The van der Waals surface area contributed by atoms with Crippen molar-refractivity contribution < 1.29 is 0 Å². The lowest BCUT2D eigenvalue weighted by Gasteiger charge is -2.08. The minimum atomic E-state index is 0.146. The summed E-state index contributed by atoms with van der Waals surface area (Å²) in [5.74, 6) is 0. The summed E-state index contributed by atoms with van der Waals surface area (Å²) in [7, 11) is 0. The second-order valence-corrected chi connectivity index (χ2v) is 6.31. The van der Waals surface area contributed by atoms with Gasteiger partial charge in [0.1, 0.15) is 5.03 Å². The van der Waals surface area contributed by atoms with E-state index in [9.17, 15) is 5.26 Å². The highest BCUT2D eigenvalue weighted by molar-refractivity contribution is 7.99. The number of benzene rings is 1. The van der Waals surface area contributed by atoms with Crippen molar-refractivity contribution in [2.24, 2.45) is 0 Å². The number of halogens is 1. The predicted molar refractivity (Wildman–Crippen MR) is 83.8 cm³/mol. The van der Waals surface area contributed by atoms with Crippen LogP contribution in [0, 0.1) is 11.3 Å². The molecule has 0 amide bonds. The number of fused-ring (bicyclic) bond motifs is 1. The highest BCUT2D eigenvalue weighted by Crippen LogP contribution is 2.30. The van der Waals surface area contributed by atoms with Crippen LogP contribution in [0.4, 0.5) is 0 Å². The first-order chi connectivity index (χ1) is 10.6. The number of hydrogen-bond acceptors (Lipinski definition) is 6. The molecule has 1 aromatic carbocycles. The molecule has 0 unspecified atom stereocenters. The molecule has 0 atom stereocenters. The molecule has 8 heteroatoms. The first-order valence-corrected chi connectivity index (χ1v) is 7.74. The molecule has 3 aromatic rings. The summed E-state index contributed by atoms with van der Waals surface area (Å²) in [6.07, 6.45) is 0. The highest BCUT2D eigenvalue weighted by Gasteiger charge is 2.13. The zero-order chi connectivity index (χ0) is 15.7. The van der Waals surface area contributed by atoms with Crippen molar-refractivity contribution in [1.29, 1.82) is 5.26 Å². The van der Waals surface area contributed by atoms with Crippen molar-refractivity contribution in [1.82, 2.24) is 25.2 Å². The Kier molecular flexibility index (Phi) is 3.96. The van der Waals surface area contributed by atoms with Crippen molar-refractivity contribution in [2.75, 3.05) is 0 Å². The van der Waals surface area contributed by atoms with Crippen molar-refractivity contribution in [3.05, 3.63) is 34.9 Å². The van der Waals surface area contributed by atoms with Crippen LogP contribution < -0.4 is 0 Å². The van der Waals surface area contributed by atoms with E-state index in [1.165, 1.54) is 11.8 Å². The summed E-state index contributed by atoms with van der Waals surface area (Å²) >= 11 is 7.32. The molecule has 0 saturated heterocycles. The number of nitrogens with zero attached hydrogens (tertiary/aromatic N) is 6. The highest BCUT2D eigenvalue weighted by atomic mass is 35.5. The zero-order valence-electron chi connectivity index (χ0n) is 11.9. The van der Waals surface area contributed by atoms with Crippen LogP contribution in [0.2, 0.25) is 5.02 Å². The smallest absolute Gasteiger partial charge is 0.215 e. The van der Waals surface area contributed by atoms with Gasteiger partial charge in [0.15, 0.2) is 0 Å². The molecule has 0 bridgehead atoms. The van der Waals surface area contributed by atoms with Gasteiger partial charge < -0.3 is 0 Å². The molecule has 0 saturated carbocycles. The monoisotopic (exact) mass is 330 g/mol. The lowest BCUT2D eigenvalue weighted by atomic mass is 10.1. The van der Waals surface area contributed by atoms with E-state index in [0.29, 0.717) is 20.8 Å². The average Bonchev–Trinajstić information content (AvgIpc) is 2.95. The molecular weight excluding hydrogens is 320 g/mol. The predicted octanol–water partition coefficient (Wildman–Crippen LogP) is 3.48. The molecule has 2 aromatic heterocycles. The fraction of sp³-hybridized carbons (Fsp3) is 0.214. The Labute approximate surface area is 136 Å². The van der Waals surface area contributed by atoms with Crippen molar-refractivity contribution in [2.45, 2.75) is 30.1 Å². The van der Waals surface area contributed by atoms with E-state index in [4.69, 9.17) is 11.6 Å². The van der Waals surface area contributed by atoms with Crippen LogP contribution in [0.3, 0.4) is 0 Å². The van der Waals surface area contributed by atoms with Crippen molar-refractivity contribution in [3.8, 4) is 6.07 Å². The van der Waals surface area contributed by atoms with E-state index in [0.717, 1.165) is 10.9 Å². The fourth-order valence-electron chi connectivity index (χ4n) is 1.99. The summed E-state index contributed by atoms with van der Waals surface area (Å²) in [6.45, 7) is 3.99. The largest absolute Gasteiger partial charge is 0.241 e. The Morgan fingerprint density at radius 1 is 1.32 bits per heavy atom. The molecule has 2 heterocycles. The number of rotatable bonds is 3. The van der Waals surface area contributed by atoms with Gasteiger partial charge in [0.25, 0.3) is 0 Å². The lowest BCUT2D eigenvalue weighted by Crippen LogP contribution is -2.04. The van der Waals surface area contributed by atoms with E-state index in [1.54, 1.807) is 28.9 Å². The third-order valence-corrected chi connectivity index (χ3v) is 4.12. The number of pyridine rings is 1. The molecule has 22 heavy (non-hydrogen) atoms. The molecule has 0 aliphatic carbocycles. The van der Waals surface area contributed by atoms with Crippen LogP contribution in [0.25, 0.3) is 10.9 Å². The Balaban J connectivity index is 2.07. The summed E-state index contributed by atoms with van der Waals surface area (Å²) < 4.78 is 1.71. The van der Waals surface area contributed by atoms with Gasteiger partial charge in [-0.3, -0.25) is 0 Å². The molecule has 3 rings (SSSR count). The van der Waals surface area contributed by atoms with Crippen LogP contribution in [-0.4, -0.2) is 25.2 Å². The first kappa shape index (κ1) is 14.8. The van der Waals surface area contributed by atoms with Gasteiger partial charge >= 0.3 is 0 Å². The normalized spacial score (nSPS) is 11.0. The van der Waals surface area contributed by atoms with Crippen LogP contribution in [0.1, 0.15) is 25.5 Å². The van der Waals surface area contributed by atoms with Crippen LogP contribution in [0.5, 0.6) is 0 Å². The zero-order valence-corrected chi connectivity index (χ0v) is 13.4. The third kappa shape index (κ3) is 2.75. The maximum absolute atomic E-state index is 9.34. The topological polar surface area (TPSA) is 80.3 Å². The average molecular weight is 331 g/mol. The van der Waals surface area contributed by atoms with E-state index in [1.807, 2.05) is 13.8 Å². The van der Waals surface area contributed by atoms with Crippen LogP contribution >= 0.6 is 23.4 Å². The van der Waals surface area contributed by atoms with Gasteiger partial charge in [-0.05, 0) is 60.3 Å². The van der Waals surface area contributed by atoms with E-state index < -0.39 is 0 Å². The number of hydrogen-bond donors (Lipinski definition) is 0. The van der Waals surface area contributed by atoms with Gasteiger partial charge in [0, 0.05) is 10.4 Å². The SMILES string of the molecule is CC(C)n1nnnc1Sc1cc(C#N)c2cc(Cl)ccc2n1. The van der Waals surface area contributed by atoms with Gasteiger partial charge in [-0.25, -0.2) is 9.67 Å². The van der Waals surface area contributed by atoms with Gasteiger partial charge in [0.05, 0.1) is 23.2 Å². The summed E-state index contributed by atoms with van der Waals surface area (Å²) in [4.78, 5) is 4.54. The van der Waals surface area contributed by atoms with Gasteiger partial charge in [-0.15, -0.1) is 5.10 Å². The molecule has 0 aliphatic heterocycles. The van der Waals surface area contributed by atoms with Gasteiger partial charge in [-0.2, -0.15) is 5.26 Å². The van der Waals surface area contributed by atoms with Crippen molar-refractivity contribution >= 4 is 34.3 Å². The maximum atomic E-state index is 9.34. The molecule has 0 aliphatic rings. The minimum absolute atomic E-state index is 0.146. The number of tetrazole rings is 1. The molecule has 0 N–H and O–H groups in total. The van der Waals surface area contributed by atoms with Crippen molar-refractivity contribution in [3.63, 3.8) is 0 Å². The van der Waals surface area contributed by atoms with Crippen LogP contribution in [-0.2, 0) is 0 Å². The lowest BCUT2D eigenvalue weighted by molar-refractivity contribution is 0.477. The van der Waals surface area contributed by atoms with Crippen LogP contribution in [0.15, 0.2) is 34.4 Å². The molecule has 110 valence electrons. The second kappa shape index (κ2) is 5.91. The Morgan fingerprint density at radius 3 is 2.86 bits per heavy atom. The molecular formula is C14H11ClN6S. The summed E-state index contributed by atoms with van der Waals surface area (Å²) in [5, 5.41) is 23.6. The number of nitriles is 1. The maximum Gasteiger partial charge on any atom is 0.215 e. The Morgan fingerprint density at radius 2 is 2.14 bits per heavy atom. The van der Waals surface area contributed by atoms with E-state index >= 15 is 0 Å². The Bertz CT molecular complexity index is 883. The fourth-order valence-corrected chi connectivity index (χ4v) is 3.09. The third-order valence-electron chi connectivity index (χ3n) is 3.02. The van der Waals surface area contributed by atoms with E-state index in [-0.39, 0.29) is 6.04 Å². The summed E-state index contributed by atoms with van der Waals surface area (Å²) in [5.41, 5.74) is 1.24.